The first-order valence-corrected chi connectivity index (χ1v) is 9.31. The lowest BCUT2D eigenvalue weighted by Crippen LogP contribution is -2.15. The van der Waals surface area contributed by atoms with Crippen molar-refractivity contribution in [2.45, 2.75) is 26.1 Å². The number of hydrogen-bond acceptors (Lipinski definition) is 7. The van der Waals surface area contributed by atoms with Crippen LogP contribution >= 0.6 is 22.7 Å². The zero-order valence-electron chi connectivity index (χ0n) is 13.9. The molecule has 0 radical (unpaired) electrons. The van der Waals surface area contributed by atoms with Crippen LogP contribution in [0.5, 0.6) is 0 Å². The Labute approximate surface area is 159 Å². The van der Waals surface area contributed by atoms with Gasteiger partial charge in [0.1, 0.15) is 10.7 Å². The third-order valence-electron chi connectivity index (χ3n) is 3.44. The number of aliphatic hydroxyl groups is 1. The van der Waals surface area contributed by atoms with Crippen LogP contribution in [0.1, 0.15) is 22.0 Å². The van der Waals surface area contributed by atoms with Gasteiger partial charge in [0.15, 0.2) is 5.13 Å². The number of aliphatic hydroxyl groups excluding tert-OH is 1. The molecule has 0 saturated carbocycles. The second kappa shape index (κ2) is 7.71. The molecule has 1 amide bonds. The molecule has 0 bridgehead atoms. The fourth-order valence-electron chi connectivity index (χ4n) is 2.24. The summed E-state index contributed by atoms with van der Waals surface area (Å²) < 4.78 is 37.5. The van der Waals surface area contributed by atoms with E-state index in [4.69, 9.17) is 5.11 Å². The van der Waals surface area contributed by atoms with Crippen LogP contribution in [0.25, 0.3) is 10.6 Å². The smallest absolute Gasteiger partial charge is 0.389 e. The van der Waals surface area contributed by atoms with Gasteiger partial charge < -0.3 is 10.4 Å². The number of carbonyl (C=O) groups excluding carboxylic acids is 1. The summed E-state index contributed by atoms with van der Waals surface area (Å²) in [5.41, 5.74) is 0.741. The number of amides is 1. The van der Waals surface area contributed by atoms with Crippen LogP contribution in [0.4, 0.5) is 18.3 Å². The van der Waals surface area contributed by atoms with E-state index in [-0.39, 0.29) is 13.0 Å². The molecule has 0 saturated heterocycles. The van der Waals surface area contributed by atoms with Crippen molar-refractivity contribution in [1.82, 2.24) is 15.0 Å². The van der Waals surface area contributed by atoms with Crippen molar-refractivity contribution in [1.29, 1.82) is 0 Å². The first-order chi connectivity index (χ1) is 12.8. The molecular weight excluding hydrogens is 401 g/mol. The Hall–Kier alpha value is -2.37. The van der Waals surface area contributed by atoms with Gasteiger partial charge in [-0.3, -0.25) is 9.78 Å². The zero-order valence-corrected chi connectivity index (χ0v) is 15.5. The maximum Gasteiger partial charge on any atom is 0.433 e. The van der Waals surface area contributed by atoms with Gasteiger partial charge in [0.25, 0.3) is 0 Å². The van der Waals surface area contributed by atoms with E-state index in [0.29, 0.717) is 21.4 Å². The van der Waals surface area contributed by atoms with Gasteiger partial charge in [0.05, 0.1) is 29.3 Å². The Morgan fingerprint density at radius 2 is 2.07 bits per heavy atom. The van der Waals surface area contributed by atoms with E-state index in [0.717, 1.165) is 22.8 Å². The maximum atomic E-state index is 12.5. The Balaban J connectivity index is 1.65. The van der Waals surface area contributed by atoms with Crippen molar-refractivity contribution in [3.8, 4) is 10.6 Å². The average Bonchev–Trinajstić information content (AvgIpc) is 3.20. The van der Waals surface area contributed by atoms with Crippen LogP contribution < -0.4 is 5.32 Å². The molecule has 0 atom stereocenters. The summed E-state index contributed by atoms with van der Waals surface area (Å²) in [7, 11) is 0. The number of anilines is 1. The predicted molar refractivity (Wildman–Crippen MR) is 95.5 cm³/mol. The maximum absolute atomic E-state index is 12.5. The first kappa shape index (κ1) is 19.4. The van der Waals surface area contributed by atoms with E-state index in [9.17, 15) is 18.0 Å². The minimum atomic E-state index is -4.51. The number of halogens is 3. The van der Waals surface area contributed by atoms with Crippen molar-refractivity contribution in [2.75, 3.05) is 5.32 Å². The fraction of sp³-hybridized carbons (Fsp3) is 0.250. The van der Waals surface area contributed by atoms with Crippen molar-refractivity contribution in [2.24, 2.45) is 0 Å². The number of aromatic nitrogens is 3. The van der Waals surface area contributed by atoms with Crippen LogP contribution in [0.3, 0.4) is 0 Å². The second-order valence-corrected chi connectivity index (χ2v) is 7.43. The lowest BCUT2D eigenvalue weighted by molar-refractivity contribution is -0.141. The molecule has 3 rings (SSSR count). The van der Waals surface area contributed by atoms with Gasteiger partial charge in [-0.1, -0.05) is 6.07 Å². The first-order valence-electron chi connectivity index (χ1n) is 7.61. The van der Waals surface area contributed by atoms with E-state index in [1.165, 1.54) is 28.7 Å². The van der Waals surface area contributed by atoms with E-state index in [2.05, 4.69) is 20.3 Å². The summed E-state index contributed by atoms with van der Waals surface area (Å²) >= 11 is 2.54. The van der Waals surface area contributed by atoms with E-state index < -0.39 is 17.8 Å². The van der Waals surface area contributed by atoms with Crippen molar-refractivity contribution >= 4 is 33.7 Å². The second-order valence-electron chi connectivity index (χ2n) is 5.49. The van der Waals surface area contributed by atoms with Crippen LogP contribution in [0.15, 0.2) is 23.7 Å². The standard InChI is InChI=1S/C16H13F3N4O2S2/c1-8-14(27-13(6-24)21-8)10-7-26-15(22-10)23-12(25)4-9-2-3-11(20-5-9)16(17,18)19/h2-3,5,7,24H,4,6H2,1H3,(H,22,23,25). The third kappa shape index (κ3) is 4.67. The number of alkyl halides is 3. The molecule has 3 heterocycles. The van der Waals surface area contributed by atoms with E-state index in [1.807, 2.05) is 0 Å². The largest absolute Gasteiger partial charge is 0.433 e. The zero-order chi connectivity index (χ0) is 19.6. The lowest BCUT2D eigenvalue weighted by atomic mass is 10.2. The Bertz CT molecular complexity index is 951. The molecule has 0 aromatic carbocycles. The molecule has 27 heavy (non-hydrogen) atoms. The Morgan fingerprint density at radius 1 is 1.30 bits per heavy atom. The number of carbonyl (C=O) groups is 1. The number of pyridine rings is 1. The summed E-state index contributed by atoms with van der Waals surface area (Å²) in [6, 6.07) is 2.06. The summed E-state index contributed by atoms with van der Waals surface area (Å²) in [5.74, 6) is -0.408. The van der Waals surface area contributed by atoms with Gasteiger partial charge in [0, 0.05) is 11.6 Å². The molecule has 0 spiro atoms. The molecule has 6 nitrogen and oxygen atoms in total. The highest BCUT2D eigenvalue weighted by atomic mass is 32.1. The quantitative estimate of drug-likeness (QED) is 0.665. The lowest BCUT2D eigenvalue weighted by Gasteiger charge is -2.06. The molecule has 0 unspecified atom stereocenters. The molecule has 2 N–H and O–H groups in total. The highest BCUT2D eigenvalue weighted by molar-refractivity contribution is 7.17. The summed E-state index contributed by atoms with van der Waals surface area (Å²) in [6.07, 6.45) is -3.59. The summed E-state index contributed by atoms with van der Waals surface area (Å²) in [6.45, 7) is 1.65. The number of nitrogens with zero attached hydrogens (tertiary/aromatic N) is 3. The van der Waals surface area contributed by atoms with Crippen LogP contribution in [-0.2, 0) is 24.0 Å². The van der Waals surface area contributed by atoms with Gasteiger partial charge in [-0.2, -0.15) is 13.2 Å². The topological polar surface area (TPSA) is 88.0 Å². The van der Waals surface area contributed by atoms with Crippen LogP contribution in [-0.4, -0.2) is 26.0 Å². The minimum Gasteiger partial charge on any atom is -0.389 e. The van der Waals surface area contributed by atoms with Gasteiger partial charge in [-0.05, 0) is 18.6 Å². The van der Waals surface area contributed by atoms with Crippen LogP contribution in [0, 0.1) is 6.92 Å². The monoisotopic (exact) mass is 414 g/mol. The third-order valence-corrected chi connectivity index (χ3v) is 5.36. The van der Waals surface area contributed by atoms with Gasteiger partial charge in [-0.25, -0.2) is 9.97 Å². The molecule has 0 aliphatic carbocycles. The highest BCUT2D eigenvalue weighted by Crippen LogP contribution is 2.32. The molecule has 0 aliphatic rings. The van der Waals surface area contributed by atoms with E-state index in [1.54, 1.807) is 12.3 Å². The average molecular weight is 414 g/mol. The van der Waals surface area contributed by atoms with Crippen molar-refractivity contribution in [3.63, 3.8) is 0 Å². The molecule has 0 aliphatic heterocycles. The van der Waals surface area contributed by atoms with Crippen molar-refractivity contribution < 1.29 is 23.1 Å². The molecule has 11 heteroatoms. The highest BCUT2D eigenvalue weighted by Gasteiger charge is 2.32. The Morgan fingerprint density at radius 3 is 2.67 bits per heavy atom. The predicted octanol–water partition coefficient (Wildman–Crippen LogP) is 3.66. The Kier molecular flexibility index (Phi) is 5.53. The van der Waals surface area contributed by atoms with Gasteiger partial charge >= 0.3 is 6.18 Å². The normalized spacial score (nSPS) is 11.6. The summed E-state index contributed by atoms with van der Waals surface area (Å²) in [4.78, 5) is 24.8. The number of rotatable bonds is 5. The fourth-order valence-corrected chi connectivity index (χ4v) is 3.92. The molecule has 0 fully saturated rings. The number of nitrogens with one attached hydrogen (secondary N) is 1. The molecule has 142 valence electrons. The number of hydrogen-bond donors (Lipinski definition) is 2. The minimum absolute atomic E-state index is 0.117. The summed E-state index contributed by atoms with van der Waals surface area (Å²) in [5, 5.41) is 14.5. The number of aryl methyl sites for hydroxylation is 1. The van der Waals surface area contributed by atoms with Gasteiger partial charge in [0.2, 0.25) is 5.91 Å². The van der Waals surface area contributed by atoms with Crippen molar-refractivity contribution in [3.05, 3.63) is 45.7 Å². The molecular formula is C16H13F3N4O2S2. The van der Waals surface area contributed by atoms with Crippen LogP contribution in [0.2, 0.25) is 0 Å². The SMILES string of the molecule is Cc1nc(CO)sc1-c1csc(NC(=O)Cc2ccc(C(F)(F)F)nc2)n1. The van der Waals surface area contributed by atoms with E-state index >= 15 is 0 Å². The van der Waals surface area contributed by atoms with Gasteiger partial charge in [-0.15, -0.1) is 22.7 Å². The molecule has 3 aromatic rings. The number of thiazole rings is 2. The molecule has 3 aromatic heterocycles.